The number of hydrogen-bond donors (Lipinski definition) is 2. The number of aromatic amines is 1. The van der Waals surface area contributed by atoms with Gasteiger partial charge in [-0.2, -0.15) is 31.4 Å². The fraction of sp³-hybridized carbons (Fsp3) is 0.125. The Kier molecular flexibility index (Phi) is 4.13. The second kappa shape index (κ2) is 6.04. The third-order valence-electron chi connectivity index (χ3n) is 3.53. The summed E-state index contributed by atoms with van der Waals surface area (Å²) in [6.45, 7) is 0. The van der Waals surface area contributed by atoms with Crippen LogP contribution in [0, 0.1) is 0 Å². The lowest BCUT2D eigenvalue weighted by Gasteiger charge is -2.14. The van der Waals surface area contributed by atoms with Crippen molar-refractivity contribution in [1.29, 1.82) is 0 Å². The van der Waals surface area contributed by atoms with Crippen LogP contribution in [0.5, 0.6) is 0 Å². The molecular weight excluding hydrogens is 364 g/mol. The first-order valence-corrected chi connectivity index (χ1v) is 7.09. The van der Waals surface area contributed by atoms with Gasteiger partial charge in [-0.1, -0.05) is 18.2 Å². The average Bonchev–Trinajstić information content (AvgIpc) is 2.97. The predicted octanol–water partition coefficient (Wildman–Crippen LogP) is 4.85. The smallest absolute Gasteiger partial charge is 0.321 e. The van der Waals surface area contributed by atoms with Crippen molar-refractivity contribution >= 4 is 22.5 Å². The van der Waals surface area contributed by atoms with Gasteiger partial charge in [-0.15, -0.1) is 0 Å². The van der Waals surface area contributed by atoms with Crippen molar-refractivity contribution in [3.05, 3.63) is 59.3 Å². The van der Waals surface area contributed by atoms with E-state index in [1.54, 1.807) is 24.3 Å². The van der Waals surface area contributed by atoms with Gasteiger partial charge >= 0.3 is 12.4 Å². The minimum Gasteiger partial charge on any atom is -0.321 e. The third-order valence-corrected chi connectivity index (χ3v) is 3.53. The lowest BCUT2D eigenvalue weighted by atomic mass is 10.1. The predicted molar refractivity (Wildman–Crippen MR) is 80.5 cm³/mol. The van der Waals surface area contributed by atoms with E-state index in [2.05, 4.69) is 10.2 Å². The molecule has 3 aromatic rings. The molecule has 2 aromatic carbocycles. The van der Waals surface area contributed by atoms with Crippen LogP contribution in [0.4, 0.5) is 32.0 Å². The molecule has 0 saturated carbocycles. The molecule has 1 heterocycles. The van der Waals surface area contributed by atoms with Crippen LogP contribution >= 0.6 is 0 Å². The van der Waals surface area contributed by atoms with Crippen LogP contribution in [0.3, 0.4) is 0 Å². The van der Waals surface area contributed by atoms with Gasteiger partial charge in [0, 0.05) is 11.1 Å². The maximum absolute atomic E-state index is 12.9. The highest BCUT2D eigenvalue weighted by Crippen LogP contribution is 2.37. The Morgan fingerprint density at radius 3 is 2.08 bits per heavy atom. The lowest BCUT2D eigenvalue weighted by molar-refractivity contribution is -0.143. The van der Waals surface area contributed by atoms with Crippen LogP contribution in [0.1, 0.15) is 21.6 Å². The zero-order chi connectivity index (χ0) is 19.1. The summed E-state index contributed by atoms with van der Waals surface area (Å²) < 4.78 is 77.1. The standard InChI is InChI=1S/C16H9F6N3O/c17-15(18,19)8-5-9(16(20,21)22)7-10(6-8)23-14(26)13-11-3-1-2-4-12(11)24-25-13/h1-7H,(H,23,26)(H,24,25). The molecule has 0 atom stereocenters. The van der Waals surface area contributed by atoms with E-state index in [0.717, 1.165) is 0 Å². The third kappa shape index (κ3) is 3.48. The van der Waals surface area contributed by atoms with Gasteiger partial charge in [0.25, 0.3) is 5.91 Å². The molecule has 0 radical (unpaired) electrons. The van der Waals surface area contributed by atoms with Gasteiger partial charge in [0.2, 0.25) is 0 Å². The highest BCUT2D eigenvalue weighted by Gasteiger charge is 2.37. The molecule has 0 saturated heterocycles. The summed E-state index contributed by atoms with van der Waals surface area (Å²) in [7, 11) is 0. The number of hydrogen-bond acceptors (Lipinski definition) is 2. The molecule has 0 bridgehead atoms. The molecule has 10 heteroatoms. The number of nitrogens with one attached hydrogen (secondary N) is 2. The summed E-state index contributed by atoms with van der Waals surface area (Å²) in [4.78, 5) is 12.3. The van der Waals surface area contributed by atoms with Gasteiger partial charge < -0.3 is 5.32 Å². The second-order valence-electron chi connectivity index (χ2n) is 5.37. The molecule has 0 fully saturated rings. The van der Waals surface area contributed by atoms with E-state index in [4.69, 9.17) is 0 Å². The Hall–Kier alpha value is -3.04. The zero-order valence-corrected chi connectivity index (χ0v) is 12.7. The number of alkyl halides is 6. The Labute approximate surface area is 141 Å². The minimum absolute atomic E-state index is 0.0143. The lowest BCUT2D eigenvalue weighted by Crippen LogP contribution is -2.16. The summed E-state index contributed by atoms with van der Waals surface area (Å²) in [5, 5.41) is 8.73. The first-order valence-electron chi connectivity index (χ1n) is 7.09. The molecule has 0 unspecified atom stereocenters. The monoisotopic (exact) mass is 373 g/mol. The zero-order valence-electron chi connectivity index (χ0n) is 12.7. The van der Waals surface area contributed by atoms with E-state index in [0.29, 0.717) is 23.0 Å². The largest absolute Gasteiger partial charge is 0.416 e. The topological polar surface area (TPSA) is 57.8 Å². The van der Waals surface area contributed by atoms with Crippen molar-refractivity contribution in [1.82, 2.24) is 10.2 Å². The SMILES string of the molecule is O=C(Nc1cc(C(F)(F)F)cc(C(F)(F)F)c1)c1n[nH]c2ccccc12. The van der Waals surface area contributed by atoms with Crippen LogP contribution in [-0.2, 0) is 12.4 Å². The Bertz CT molecular complexity index is 942. The van der Waals surface area contributed by atoms with E-state index in [1.807, 2.05) is 5.32 Å². The van der Waals surface area contributed by atoms with Crippen molar-refractivity contribution in [2.75, 3.05) is 5.32 Å². The molecule has 4 nitrogen and oxygen atoms in total. The van der Waals surface area contributed by atoms with Crippen molar-refractivity contribution in [2.45, 2.75) is 12.4 Å². The normalized spacial score (nSPS) is 12.4. The molecule has 136 valence electrons. The number of H-pyrrole nitrogens is 1. The molecule has 26 heavy (non-hydrogen) atoms. The van der Waals surface area contributed by atoms with Crippen molar-refractivity contribution < 1.29 is 31.1 Å². The van der Waals surface area contributed by atoms with Crippen LogP contribution < -0.4 is 5.32 Å². The fourth-order valence-corrected chi connectivity index (χ4v) is 2.35. The van der Waals surface area contributed by atoms with Gasteiger partial charge in [-0.3, -0.25) is 9.89 Å². The van der Waals surface area contributed by atoms with Gasteiger partial charge in [0.05, 0.1) is 16.6 Å². The van der Waals surface area contributed by atoms with E-state index in [9.17, 15) is 31.1 Å². The molecule has 0 aliphatic carbocycles. The first kappa shape index (κ1) is 17.8. The number of amides is 1. The van der Waals surface area contributed by atoms with Gasteiger partial charge in [0.15, 0.2) is 5.69 Å². The van der Waals surface area contributed by atoms with E-state index >= 15 is 0 Å². The number of benzene rings is 2. The average molecular weight is 373 g/mol. The molecule has 0 aliphatic heterocycles. The summed E-state index contributed by atoms with van der Waals surface area (Å²) in [5.74, 6) is -0.935. The fourth-order valence-electron chi connectivity index (χ4n) is 2.35. The minimum atomic E-state index is -5.00. The van der Waals surface area contributed by atoms with E-state index < -0.39 is 35.1 Å². The van der Waals surface area contributed by atoms with E-state index in [1.165, 1.54) is 0 Å². The highest BCUT2D eigenvalue weighted by atomic mass is 19.4. The Morgan fingerprint density at radius 1 is 0.923 bits per heavy atom. The van der Waals surface area contributed by atoms with Gasteiger partial charge in [0.1, 0.15) is 0 Å². The molecular formula is C16H9F6N3O. The number of carbonyl (C=O) groups excluding carboxylic acids is 1. The summed E-state index contributed by atoms with van der Waals surface area (Å²) in [6.07, 6.45) is -10.0. The van der Waals surface area contributed by atoms with Crippen LogP contribution in [0.2, 0.25) is 0 Å². The number of para-hydroxylation sites is 1. The van der Waals surface area contributed by atoms with Gasteiger partial charge in [-0.25, -0.2) is 0 Å². The number of aromatic nitrogens is 2. The van der Waals surface area contributed by atoms with Crippen molar-refractivity contribution in [3.63, 3.8) is 0 Å². The number of rotatable bonds is 2. The number of fused-ring (bicyclic) bond motifs is 1. The highest BCUT2D eigenvalue weighted by molar-refractivity contribution is 6.11. The van der Waals surface area contributed by atoms with Gasteiger partial charge in [-0.05, 0) is 24.3 Å². The number of halogens is 6. The van der Waals surface area contributed by atoms with Crippen molar-refractivity contribution in [3.8, 4) is 0 Å². The molecule has 2 N–H and O–H groups in total. The van der Waals surface area contributed by atoms with Crippen LogP contribution in [0.25, 0.3) is 10.9 Å². The summed E-state index contributed by atoms with van der Waals surface area (Å²) in [6, 6.07) is 7.29. The molecule has 1 amide bonds. The summed E-state index contributed by atoms with van der Waals surface area (Å²) >= 11 is 0. The molecule has 3 rings (SSSR count). The van der Waals surface area contributed by atoms with E-state index in [-0.39, 0.29) is 11.8 Å². The molecule has 1 aromatic heterocycles. The van der Waals surface area contributed by atoms with Crippen LogP contribution in [0.15, 0.2) is 42.5 Å². The number of carbonyl (C=O) groups is 1. The number of anilines is 1. The Balaban J connectivity index is 2.00. The Morgan fingerprint density at radius 2 is 1.50 bits per heavy atom. The number of nitrogens with zero attached hydrogens (tertiary/aromatic N) is 1. The van der Waals surface area contributed by atoms with Crippen molar-refractivity contribution in [2.24, 2.45) is 0 Å². The summed E-state index contributed by atoms with van der Waals surface area (Å²) in [5.41, 5.74) is -3.32. The molecule has 0 aliphatic rings. The van der Waals surface area contributed by atoms with Crippen LogP contribution in [-0.4, -0.2) is 16.1 Å². The maximum Gasteiger partial charge on any atom is 0.416 e. The molecule has 0 spiro atoms. The first-order chi connectivity index (χ1) is 12.1. The maximum atomic E-state index is 12.9. The quantitative estimate of drug-likeness (QED) is 0.631. The second-order valence-corrected chi connectivity index (χ2v) is 5.37.